The number of alkyl halides is 3. The average molecular weight is 334 g/mol. The van der Waals surface area contributed by atoms with Crippen molar-refractivity contribution in [3.8, 4) is 0 Å². The lowest BCUT2D eigenvalue weighted by Crippen LogP contribution is -2.33. The van der Waals surface area contributed by atoms with Gasteiger partial charge >= 0.3 is 12.3 Å². The molecule has 0 spiro atoms. The van der Waals surface area contributed by atoms with Crippen LogP contribution < -0.4 is 11.1 Å². The van der Waals surface area contributed by atoms with Crippen molar-refractivity contribution in [2.24, 2.45) is 5.73 Å². The first-order valence-electron chi connectivity index (χ1n) is 6.90. The maximum atomic E-state index is 12.9. The summed E-state index contributed by atoms with van der Waals surface area (Å²) in [4.78, 5) is 11.8. The molecule has 4 N–H and O–H groups in total. The maximum Gasteiger partial charge on any atom is 0.416 e. The number of nitrogens with two attached hydrogens (primary N) is 1. The van der Waals surface area contributed by atoms with Crippen molar-refractivity contribution in [2.45, 2.75) is 45.1 Å². The molecule has 5 nitrogen and oxygen atoms in total. The third-order valence-corrected chi connectivity index (χ3v) is 2.96. The summed E-state index contributed by atoms with van der Waals surface area (Å²) in [5, 5.41) is 12.5. The molecule has 23 heavy (non-hydrogen) atoms. The minimum absolute atomic E-state index is 0.0684. The van der Waals surface area contributed by atoms with E-state index in [-0.39, 0.29) is 17.8 Å². The van der Waals surface area contributed by atoms with Gasteiger partial charge in [0.1, 0.15) is 11.2 Å². The fraction of sp³-hybridized carbons (Fsp3) is 0.533. The van der Waals surface area contributed by atoms with Gasteiger partial charge in [0.2, 0.25) is 0 Å². The van der Waals surface area contributed by atoms with E-state index in [0.717, 1.165) is 18.2 Å². The number of benzene rings is 1. The van der Waals surface area contributed by atoms with Crippen LogP contribution in [-0.4, -0.2) is 23.3 Å². The van der Waals surface area contributed by atoms with Gasteiger partial charge in [0.15, 0.2) is 0 Å². The van der Waals surface area contributed by atoms with Gasteiger partial charge in [-0.25, -0.2) is 4.79 Å². The van der Waals surface area contributed by atoms with Gasteiger partial charge in [0.25, 0.3) is 0 Å². The SMILES string of the molecule is CC(C)(C)OC(=O)Nc1cc(C(F)(F)F)ccc1C(C)(O)CN. The van der Waals surface area contributed by atoms with Gasteiger partial charge < -0.3 is 15.6 Å². The van der Waals surface area contributed by atoms with Crippen molar-refractivity contribution in [1.82, 2.24) is 0 Å². The number of anilines is 1. The fourth-order valence-corrected chi connectivity index (χ4v) is 1.82. The van der Waals surface area contributed by atoms with Crippen LogP contribution in [0.2, 0.25) is 0 Å². The molecule has 0 bridgehead atoms. The van der Waals surface area contributed by atoms with Gasteiger partial charge in [-0.05, 0) is 39.8 Å². The average Bonchev–Trinajstić information content (AvgIpc) is 2.35. The third-order valence-electron chi connectivity index (χ3n) is 2.96. The number of nitrogens with one attached hydrogen (secondary N) is 1. The molecule has 0 heterocycles. The van der Waals surface area contributed by atoms with Gasteiger partial charge in [0, 0.05) is 12.1 Å². The number of aliphatic hydroxyl groups is 1. The Morgan fingerprint density at radius 1 is 1.26 bits per heavy atom. The number of hydrogen-bond acceptors (Lipinski definition) is 4. The van der Waals surface area contributed by atoms with Crippen LogP contribution in [0.5, 0.6) is 0 Å². The van der Waals surface area contributed by atoms with E-state index in [9.17, 15) is 23.1 Å². The first-order valence-corrected chi connectivity index (χ1v) is 6.90. The zero-order chi connectivity index (χ0) is 18.1. The number of rotatable bonds is 3. The Bertz CT molecular complexity index is 578. The van der Waals surface area contributed by atoms with E-state index in [1.165, 1.54) is 6.92 Å². The molecule has 8 heteroatoms. The van der Waals surface area contributed by atoms with E-state index >= 15 is 0 Å². The third kappa shape index (κ3) is 5.40. The summed E-state index contributed by atoms with van der Waals surface area (Å²) < 4.78 is 43.6. The second-order valence-corrected chi connectivity index (χ2v) is 6.36. The molecule has 0 fully saturated rings. The summed E-state index contributed by atoms with van der Waals surface area (Å²) in [6.07, 6.45) is -5.51. The quantitative estimate of drug-likeness (QED) is 0.792. The second-order valence-electron chi connectivity index (χ2n) is 6.36. The van der Waals surface area contributed by atoms with Crippen LogP contribution in [0.3, 0.4) is 0 Å². The maximum absolute atomic E-state index is 12.9. The van der Waals surface area contributed by atoms with Gasteiger partial charge in [0.05, 0.1) is 11.3 Å². The molecule has 1 aromatic carbocycles. The molecule has 0 saturated carbocycles. The highest BCUT2D eigenvalue weighted by atomic mass is 19.4. The van der Waals surface area contributed by atoms with Gasteiger partial charge in [-0.2, -0.15) is 13.2 Å². The molecule has 0 aliphatic rings. The van der Waals surface area contributed by atoms with Crippen molar-refractivity contribution in [1.29, 1.82) is 0 Å². The largest absolute Gasteiger partial charge is 0.444 e. The van der Waals surface area contributed by atoms with Crippen LogP contribution >= 0.6 is 0 Å². The van der Waals surface area contributed by atoms with Crippen LogP contribution in [0, 0.1) is 0 Å². The van der Waals surface area contributed by atoms with Crippen molar-refractivity contribution < 1.29 is 27.8 Å². The number of ether oxygens (including phenoxy) is 1. The Hall–Kier alpha value is -1.80. The Morgan fingerprint density at radius 3 is 2.26 bits per heavy atom. The van der Waals surface area contributed by atoms with E-state index in [2.05, 4.69) is 5.32 Å². The molecule has 1 atom stereocenters. The normalized spacial score (nSPS) is 15.0. The molecule has 1 amide bonds. The van der Waals surface area contributed by atoms with Gasteiger partial charge in [-0.3, -0.25) is 5.32 Å². The van der Waals surface area contributed by atoms with Crippen molar-refractivity contribution in [2.75, 3.05) is 11.9 Å². The highest BCUT2D eigenvalue weighted by molar-refractivity contribution is 5.86. The Labute approximate surface area is 132 Å². The molecule has 130 valence electrons. The fourth-order valence-electron chi connectivity index (χ4n) is 1.82. The standard InChI is InChI=1S/C15H21F3N2O3/c1-13(2,3)23-12(21)20-11-7-9(15(16,17)18)5-6-10(11)14(4,22)8-19/h5-7,22H,8,19H2,1-4H3,(H,20,21). The van der Waals surface area contributed by atoms with Crippen LogP contribution in [0.15, 0.2) is 18.2 Å². The number of amides is 1. The molecule has 1 rings (SSSR count). The summed E-state index contributed by atoms with van der Waals surface area (Å²) in [6, 6.07) is 2.64. The van der Waals surface area contributed by atoms with E-state index in [1.54, 1.807) is 20.8 Å². The highest BCUT2D eigenvalue weighted by Gasteiger charge is 2.33. The van der Waals surface area contributed by atoms with E-state index in [1.807, 2.05) is 0 Å². The zero-order valence-electron chi connectivity index (χ0n) is 13.4. The van der Waals surface area contributed by atoms with Crippen LogP contribution in [0.4, 0.5) is 23.7 Å². The summed E-state index contributed by atoms with van der Waals surface area (Å²) in [5.74, 6) is 0. The molecule has 0 aromatic heterocycles. The minimum Gasteiger partial charge on any atom is -0.444 e. The lowest BCUT2D eigenvalue weighted by Gasteiger charge is -2.26. The topological polar surface area (TPSA) is 84.6 Å². The molecule has 0 saturated heterocycles. The number of carbonyl (C=O) groups excluding carboxylic acids is 1. The first-order chi connectivity index (χ1) is 10.3. The second kappa shape index (κ2) is 6.37. The Kier molecular flexibility index (Phi) is 5.33. The number of halogens is 3. The molecule has 0 radical (unpaired) electrons. The Balaban J connectivity index is 3.26. The van der Waals surface area contributed by atoms with Crippen molar-refractivity contribution in [3.63, 3.8) is 0 Å². The zero-order valence-corrected chi connectivity index (χ0v) is 13.4. The number of carbonyl (C=O) groups is 1. The predicted molar refractivity (Wildman–Crippen MR) is 79.9 cm³/mol. The van der Waals surface area contributed by atoms with E-state index in [0.29, 0.717) is 0 Å². The van der Waals surface area contributed by atoms with E-state index in [4.69, 9.17) is 10.5 Å². The summed E-state index contributed by atoms with van der Waals surface area (Å²) >= 11 is 0. The summed E-state index contributed by atoms with van der Waals surface area (Å²) in [5.41, 5.74) is 1.93. The molecular formula is C15H21F3N2O3. The minimum atomic E-state index is -4.59. The molecule has 1 unspecified atom stereocenters. The smallest absolute Gasteiger partial charge is 0.416 e. The van der Waals surface area contributed by atoms with Gasteiger partial charge in [-0.15, -0.1) is 0 Å². The molecular weight excluding hydrogens is 313 g/mol. The first kappa shape index (κ1) is 19.2. The lowest BCUT2D eigenvalue weighted by molar-refractivity contribution is -0.137. The number of hydrogen-bond donors (Lipinski definition) is 3. The molecule has 1 aromatic rings. The van der Waals surface area contributed by atoms with Gasteiger partial charge in [-0.1, -0.05) is 6.07 Å². The summed E-state index contributed by atoms with van der Waals surface area (Å²) in [6.45, 7) is 5.97. The predicted octanol–water partition coefficient (Wildman–Crippen LogP) is 3.22. The van der Waals surface area contributed by atoms with E-state index < -0.39 is 29.0 Å². The summed E-state index contributed by atoms with van der Waals surface area (Å²) in [7, 11) is 0. The van der Waals surface area contributed by atoms with Crippen LogP contribution in [0.25, 0.3) is 0 Å². The molecule has 0 aliphatic heterocycles. The highest BCUT2D eigenvalue weighted by Crippen LogP contribution is 2.35. The Morgan fingerprint density at radius 2 is 1.83 bits per heavy atom. The van der Waals surface area contributed by atoms with Crippen LogP contribution in [0.1, 0.15) is 38.8 Å². The monoisotopic (exact) mass is 334 g/mol. The van der Waals surface area contributed by atoms with Crippen LogP contribution in [-0.2, 0) is 16.5 Å². The lowest BCUT2D eigenvalue weighted by atomic mass is 9.93. The molecule has 0 aliphatic carbocycles. The van der Waals surface area contributed by atoms with Crippen molar-refractivity contribution >= 4 is 11.8 Å². The van der Waals surface area contributed by atoms with Crippen molar-refractivity contribution in [3.05, 3.63) is 29.3 Å².